The molecule has 1 aliphatic heterocycles. The Morgan fingerprint density at radius 1 is 1.43 bits per heavy atom. The van der Waals surface area contributed by atoms with Gasteiger partial charge in [-0.15, -0.1) is 0 Å². The van der Waals surface area contributed by atoms with Crippen molar-refractivity contribution in [3.05, 3.63) is 35.6 Å². The van der Waals surface area contributed by atoms with Crippen molar-refractivity contribution in [1.29, 1.82) is 0 Å². The molecule has 1 fully saturated rings. The number of fused-ring (bicyclic) bond motifs is 1. The van der Waals surface area contributed by atoms with Gasteiger partial charge in [0.1, 0.15) is 11.3 Å². The molecule has 0 spiro atoms. The fourth-order valence-corrected chi connectivity index (χ4v) is 3.47. The van der Waals surface area contributed by atoms with E-state index in [1.165, 1.54) is 12.8 Å². The highest BCUT2D eigenvalue weighted by atomic mass is 16.3. The van der Waals surface area contributed by atoms with E-state index in [1.54, 1.807) is 0 Å². The number of aryl methyl sites for hydroxylation is 1. The molecule has 2 heterocycles. The van der Waals surface area contributed by atoms with Crippen LogP contribution in [-0.4, -0.2) is 19.0 Å². The van der Waals surface area contributed by atoms with Crippen LogP contribution in [0.3, 0.4) is 0 Å². The second-order valence-electron chi connectivity index (χ2n) is 6.71. The zero-order valence-corrected chi connectivity index (χ0v) is 14.0. The van der Waals surface area contributed by atoms with Gasteiger partial charge < -0.3 is 15.1 Å². The Labute approximate surface area is 137 Å². The van der Waals surface area contributed by atoms with E-state index < -0.39 is 0 Å². The van der Waals surface area contributed by atoms with Crippen LogP contribution in [0.5, 0.6) is 0 Å². The molecule has 4 nitrogen and oxygen atoms in total. The molecular weight excluding hydrogens is 288 g/mol. The van der Waals surface area contributed by atoms with Crippen LogP contribution in [0, 0.1) is 18.8 Å². The van der Waals surface area contributed by atoms with E-state index in [-0.39, 0.29) is 5.91 Å². The molecule has 3 rings (SSSR count). The van der Waals surface area contributed by atoms with Crippen LogP contribution in [0.2, 0.25) is 0 Å². The van der Waals surface area contributed by atoms with Crippen molar-refractivity contribution in [2.24, 2.45) is 11.8 Å². The van der Waals surface area contributed by atoms with Gasteiger partial charge in [0.15, 0.2) is 0 Å². The summed E-state index contributed by atoms with van der Waals surface area (Å²) < 4.78 is 5.85. The first-order valence-corrected chi connectivity index (χ1v) is 8.59. The molecule has 23 heavy (non-hydrogen) atoms. The number of carbonyl (C=O) groups excluding carboxylic acids is 1. The summed E-state index contributed by atoms with van der Waals surface area (Å²) in [6.07, 6.45) is 3.03. The van der Waals surface area contributed by atoms with Crippen molar-refractivity contribution in [3.8, 4) is 0 Å². The summed E-state index contributed by atoms with van der Waals surface area (Å²) in [6.45, 7) is 6.85. The lowest BCUT2D eigenvalue weighted by atomic mass is 9.85. The largest absolute Gasteiger partial charge is 0.459 e. The van der Waals surface area contributed by atoms with Crippen molar-refractivity contribution in [2.75, 3.05) is 13.1 Å². The first-order valence-electron chi connectivity index (χ1n) is 8.59. The van der Waals surface area contributed by atoms with Gasteiger partial charge in [-0.2, -0.15) is 0 Å². The third kappa shape index (κ3) is 3.75. The lowest BCUT2D eigenvalue weighted by Gasteiger charge is -2.27. The Morgan fingerprint density at radius 3 is 3.00 bits per heavy atom. The summed E-state index contributed by atoms with van der Waals surface area (Å²) in [5.41, 5.74) is 2.00. The highest BCUT2D eigenvalue weighted by Crippen LogP contribution is 2.25. The van der Waals surface area contributed by atoms with E-state index in [2.05, 4.69) is 23.6 Å². The van der Waals surface area contributed by atoms with Gasteiger partial charge in [0.25, 0.3) is 0 Å². The van der Waals surface area contributed by atoms with E-state index in [9.17, 15) is 4.79 Å². The molecule has 2 aromatic rings. The molecule has 1 aromatic heterocycles. The Kier molecular flexibility index (Phi) is 5.01. The zero-order valence-electron chi connectivity index (χ0n) is 14.0. The third-order valence-electron chi connectivity index (χ3n) is 5.04. The molecule has 124 valence electrons. The fraction of sp³-hybridized carbons (Fsp3) is 0.526. The molecule has 2 unspecified atom stereocenters. The number of para-hydroxylation sites is 1. The van der Waals surface area contributed by atoms with Gasteiger partial charge in [-0.05, 0) is 50.8 Å². The lowest BCUT2D eigenvalue weighted by Crippen LogP contribution is -2.35. The van der Waals surface area contributed by atoms with Crippen LogP contribution in [-0.2, 0) is 11.3 Å². The molecule has 0 bridgehead atoms. The van der Waals surface area contributed by atoms with Crippen molar-refractivity contribution < 1.29 is 9.21 Å². The van der Waals surface area contributed by atoms with Crippen LogP contribution in [0.15, 0.2) is 28.7 Å². The van der Waals surface area contributed by atoms with Gasteiger partial charge in [-0.1, -0.05) is 25.1 Å². The predicted octanol–water partition coefficient (Wildman–Crippen LogP) is 3.38. The minimum Gasteiger partial charge on any atom is -0.459 e. The van der Waals surface area contributed by atoms with Crippen molar-refractivity contribution in [3.63, 3.8) is 0 Å². The zero-order chi connectivity index (χ0) is 16.2. The monoisotopic (exact) mass is 314 g/mol. The maximum absolute atomic E-state index is 12.2. The number of carbonyl (C=O) groups is 1. The van der Waals surface area contributed by atoms with Gasteiger partial charge in [-0.25, -0.2) is 0 Å². The summed E-state index contributed by atoms with van der Waals surface area (Å²) in [5, 5.41) is 7.56. The van der Waals surface area contributed by atoms with E-state index in [4.69, 9.17) is 4.42 Å². The first-order chi connectivity index (χ1) is 11.1. The summed E-state index contributed by atoms with van der Waals surface area (Å²) in [5.74, 6) is 2.00. The van der Waals surface area contributed by atoms with E-state index in [0.717, 1.165) is 35.4 Å². The number of hydrogen-bond donors (Lipinski definition) is 2. The van der Waals surface area contributed by atoms with Gasteiger partial charge in [-0.3, -0.25) is 4.79 Å². The number of furan rings is 1. The minimum absolute atomic E-state index is 0.114. The van der Waals surface area contributed by atoms with Crippen LogP contribution in [0.1, 0.15) is 37.5 Å². The predicted molar refractivity (Wildman–Crippen MR) is 92.2 cm³/mol. The van der Waals surface area contributed by atoms with Gasteiger partial charge in [0, 0.05) is 17.4 Å². The van der Waals surface area contributed by atoms with Crippen LogP contribution >= 0.6 is 0 Å². The average Bonchev–Trinajstić information content (AvgIpc) is 2.90. The molecule has 0 aliphatic carbocycles. The third-order valence-corrected chi connectivity index (χ3v) is 5.04. The number of nitrogens with one attached hydrogen (secondary N) is 2. The molecule has 0 saturated carbocycles. The van der Waals surface area contributed by atoms with E-state index in [1.807, 2.05) is 25.1 Å². The number of hydrogen-bond acceptors (Lipinski definition) is 3. The smallest absolute Gasteiger partial charge is 0.220 e. The molecule has 0 radical (unpaired) electrons. The summed E-state index contributed by atoms with van der Waals surface area (Å²) >= 11 is 0. The van der Waals surface area contributed by atoms with Crippen molar-refractivity contribution in [2.45, 2.75) is 39.7 Å². The highest BCUT2D eigenvalue weighted by molar-refractivity contribution is 5.82. The average molecular weight is 314 g/mol. The first kappa shape index (κ1) is 16.1. The molecule has 1 aromatic carbocycles. The van der Waals surface area contributed by atoms with Gasteiger partial charge in [0.05, 0.1) is 6.54 Å². The highest BCUT2D eigenvalue weighted by Gasteiger charge is 2.22. The molecule has 1 aliphatic rings. The Bertz CT molecular complexity index is 671. The summed E-state index contributed by atoms with van der Waals surface area (Å²) in [6, 6.07) is 7.99. The normalized spacial score (nSPS) is 19.7. The SMILES string of the molecule is Cc1c(CNC(=O)CC(C)C2CCCNC2)oc2ccccc12. The van der Waals surface area contributed by atoms with Crippen LogP contribution in [0.25, 0.3) is 11.0 Å². The van der Waals surface area contributed by atoms with E-state index >= 15 is 0 Å². The standard InChI is InChI=1S/C19H26N2O2/c1-13(15-6-5-9-20-11-15)10-19(22)21-12-18-14(2)16-7-3-4-8-17(16)23-18/h3-4,7-8,13,15,20H,5-6,9-12H2,1-2H3,(H,21,22). The van der Waals surface area contributed by atoms with Crippen molar-refractivity contribution in [1.82, 2.24) is 10.6 Å². The Hall–Kier alpha value is -1.81. The number of amides is 1. The van der Waals surface area contributed by atoms with Gasteiger partial charge >= 0.3 is 0 Å². The number of piperidine rings is 1. The Balaban J connectivity index is 1.54. The minimum atomic E-state index is 0.114. The van der Waals surface area contributed by atoms with Crippen molar-refractivity contribution >= 4 is 16.9 Å². The quantitative estimate of drug-likeness (QED) is 0.889. The molecule has 2 atom stereocenters. The maximum Gasteiger partial charge on any atom is 0.220 e. The lowest BCUT2D eigenvalue weighted by molar-refractivity contribution is -0.122. The fourth-order valence-electron chi connectivity index (χ4n) is 3.47. The van der Waals surface area contributed by atoms with E-state index in [0.29, 0.717) is 24.8 Å². The molecule has 1 amide bonds. The number of benzene rings is 1. The summed E-state index contributed by atoms with van der Waals surface area (Å²) in [4.78, 5) is 12.2. The molecule has 4 heteroatoms. The van der Waals surface area contributed by atoms with Gasteiger partial charge in [0.2, 0.25) is 5.91 Å². The summed E-state index contributed by atoms with van der Waals surface area (Å²) in [7, 11) is 0. The maximum atomic E-state index is 12.2. The molecule has 1 saturated heterocycles. The molecule has 2 N–H and O–H groups in total. The van der Waals surface area contributed by atoms with Crippen LogP contribution < -0.4 is 10.6 Å². The van der Waals surface area contributed by atoms with Crippen LogP contribution in [0.4, 0.5) is 0 Å². The second-order valence-corrected chi connectivity index (χ2v) is 6.71. The molecular formula is C19H26N2O2. The topological polar surface area (TPSA) is 54.3 Å². The number of rotatable bonds is 5. The second kappa shape index (κ2) is 7.18. The Morgan fingerprint density at radius 2 is 2.26 bits per heavy atom.